The number of benzene rings is 2. The average Bonchev–Trinajstić information content (AvgIpc) is 2.61. The highest BCUT2D eigenvalue weighted by atomic mass is 79.9. The summed E-state index contributed by atoms with van der Waals surface area (Å²) in [4.78, 5) is 17.8. The average molecular weight is 404 g/mol. The van der Waals surface area contributed by atoms with E-state index in [0.29, 0.717) is 17.7 Å². The van der Waals surface area contributed by atoms with Gasteiger partial charge in [0.05, 0.1) is 0 Å². The number of hydrogen-bond donors (Lipinski definition) is 2. The molecule has 132 valence electrons. The first-order valence-electron chi connectivity index (χ1n) is 7.89. The molecule has 0 heterocycles. The van der Waals surface area contributed by atoms with Gasteiger partial charge in [-0.3, -0.25) is 4.84 Å². The van der Waals surface area contributed by atoms with E-state index < -0.39 is 11.6 Å². The third-order valence-electron chi connectivity index (χ3n) is 3.45. The number of nitrogens with two attached hydrogens (primary N) is 1. The lowest BCUT2D eigenvalue weighted by molar-refractivity contribution is -0.866. The SMILES string of the molecule is CC(C)C#CC[NH2+]OC(=O)C(O)(c1ccccc1)c1ccccc1.[Br-]. The molecule has 5 heteroatoms. The molecule has 0 radical (unpaired) electrons. The summed E-state index contributed by atoms with van der Waals surface area (Å²) in [5, 5.41) is 11.1. The van der Waals surface area contributed by atoms with E-state index in [1.54, 1.807) is 48.5 Å². The van der Waals surface area contributed by atoms with Crippen molar-refractivity contribution in [2.45, 2.75) is 19.4 Å². The fourth-order valence-corrected chi connectivity index (χ4v) is 2.27. The maximum atomic E-state index is 12.6. The van der Waals surface area contributed by atoms with Crippen LogP contribution in [0, 0.1) is 17.8 Å². The van der Waals surface area contributed by atoms with Crippen molar-refractivity contribution in [3.63, 3.8) is 0 Å². The standard InChI is InChI=1S/C20H21NO3.BrH/c1-16(2)10-9-15-21-24-19(22)20(23,17-11-5-3-6-12-17)18-13-7-4-8-14-18;/h3-8,11-14,16,21,23H,15H2,1-2H3;1H. The monoisotopic (exact) mass is 403 g/mol. The zero-order valence-electron chi connectivity index (χ0n) is 14.3. The second-order valence-electron chi connectivity index (χ2n) is 5.69. The molecule has 3 N–H and O–H groups in total. The Morgan fingerprint density at radius 3 is 2.00 bits per heavy atom. The second kappa shape index (κ2) is 10.00. The quantitative estimate of drug-likeness (QED) is 0.367. The Labute approximate surface area is 158 Å². The van der Waals surface area contributed by atoms with Gasteiger partial charge in [-0.1, -0.05) is 80.4 Å². The van der Waals surface area contributed by atoms with E-state index in [2.05, 4.69) is 11.8 Å². The Bertz CT molecular complexity index is 681. The third kappa shape index (κ3) is 5.43. The molecule has 2 aromatic carbocycles. The molecule has 0 spiro atoms. The highest BCUT2D eigenvalue weighted by Gasteiger charge is 2.43. The van der Waals surface area contributed by atoms with E-state index in [4.69, 9.17) is 4.84 Å². The maximum Gasteiger partial charge on any atom is 0.406 e. The first-order chi connectivity index (χ1) is 11.5. The van der Waals surface area contributed by atoms with Crippen molar-refractivity contribution in [3.05, 3.63) is 71.8 Å². The summed E-state index contributed by atoms with van der Waals surface area (Å²) in [5.74, 6) is 5.41. The maximum absolute atomic E-state index is 12.6. The number of halogens is 1. The number of quaternary nitrogens is 1. The van der Waals surface area contributed by atoms with E-state index >= 15 is 0 Å². The molecule has 0 aromatic heterocycles. The number of rotatable bonds is 5. The fraction of sp³-hybridized carbons (Fsp3) is 0.250. The van der Waals surface area contributed by atoms with Crippen LogP contribution in [0.3, 0.4) is 0 Å². The van der Waals surface area contributed by atoms with E-state index in [9.17, 15) is 9.90 Å². The van der Waals surface area contributed by atoms with Crippen molar-refractivity contribution in [1.29, 1.82) is 0 Å². The van der Waals surface area contributed by atoms with E-state index in [-0.39, 0.29) is 22.9 Å². The van der Waals surface area contributed by atoms with Crippen molar-refractivity contribution in [3.8, 4) is 11.8 Å². The summed E-state index contributed by atoms with van der Waals surface area (Å²) in [6.07, 6.45) is 0. The van der Waals surface area contributed by atoms with Gasteiger partial charge in [0.2, 0.25) is 5.60 Å². The van der Waals surface area contributed by atoms with Crippen LogP contribution in [0.25, 0.3) is 0 Å². The number of hydroxylamine groups is 1. The van der Waals surface area contributed by atoms with E-state index in [0.717, 1.165) is 0 Å². The van der Waals surface area contributed by atoms with Crippen LogP contribution in [0.4, 0.5) is 0 Å². The molecule has 0 aliphatic heterocycles. The Morgan fingerprint density at radius 2 is 1.56 bits per heavy atom. The molecular weight excluding hydrogens is 382 g/mol. The van der Waals surface area contributed by atoms with Crippen LogP contribution < -0.4 is 22.5 Å². The molecule has 0 fully saturated rings. The fourth-order valence-electron chi connectivity index (χ4n) is 2.27. The topological polar surface area (TPSA) is 63.1 Å². The molecule has 0 saturated carbocycles. The van der Waals surface area contributed by atoms with Crippen molar-refractivity contribution in [2.24, 2.45) is 5.92 Å². The van der Waals surface area contributed by atoms with Gasteiger partial charge in [-0.05, 0) is 17.0 Å². The number of aliphatic hydroxyl groups is 1. The number of carbonyl (C=O) groups is 1. The smallest absolute Gasteiger partial charge is 0.406 e. The lowest BCUT2D eigenvalue weighted by Crippen LogP contribution is -3.00. The van der Waals surface area contributed by atoms with Crippen LogP contribution in [0.2, 0.25) is 0 Å². The van der Waals surface area contributed by atoms with Gasteiger partial charge in [0.1, 0.15) is 0 Å². The molecule has 2 rings (SSSR count). The lowest BCUT2D eigenvalue weighted by Gasteiger charge is -2.25. The summed E-state index contributed by atoms with van der Waals surface area (Å²) in [6, 6.07) is 17.5. The first-order valence-corrected chi connectivity index (χ1v) is 7.89. The summed E-state index contributed by atoms with van der Waals surface area (Å²) in [7, 11) is 0. The molecule has 0 atom stereocenters. The number of carbonyl (C=O) groups excluding carboxylic acids is 1. The Kier molecular flexibility index (Phi) is 8.36. The van der Waals surface area contributed by atoms with Gasteiger partial charge >= 0.3 is 5.97 Å². The minimum Gasteiger partial charge on any atom is -1.00 e. The molecule has 0 amide bonds. The molecule has 0 saturated heterocycles. The Balaban J connectivity index is 0.00000312. The van der Waals surface area contributed by atoms with Crippen LogP contribution in [0.5, 0.6) is 0 Å². The van der Waals surface area contributed by atoms with Gasteiger partial charge in [-0.25, -0.2) is 4.79 Å². The second-order valence-corrected chi connectivity index (χ2v) is 5.69. The Morgan fingerprint density at radius 1 is 1.08 bits per heavy atom. The van der Waals surface area contributed by atoms with Gasteiger partial charge in [0.15, 0.2) is 6.54 Å². The van der Waals surface area contributed by atoms with Gasteiger partial charge in [-0.15, -0.1) is 5.48 Å². The largest absolute Gasteiger partial charge is 1.00 e. The highest BCUT2D eigenvalue weighted by Crippen LogP contribution is 2.30. The molecule has 0 unspecified atom stereocenters. The zero-order chi connectivity index (χ0) is 17.4. The highest BCUT2D eigenvalue weighted by molar-refractivity contribution is 5.84. The molecule has 25 heavy (non-hydrogen) atoms. The molecule has 2 aromatic rings. The van der Waals surface area contributed by atoms with Crippen LogP contribution in [0.15, 0.2) is 60.7 Å². The van der Waals surface area contributed by atoms with Gasteiger partial charge < -0.3 is 22.1 Å². The van der Waals surface area contributed by atoms with E-state index in [1.807, 2.05) is 26.0 Å². The third-order valence-corrected chi connectivity index (χ3v) is 3.45. The minimum atomic E-state index is -1.86. The van der Waals surface area contributed by atoms with Crippen LogP contribution in [-0.4, -0.2) is 17.6 Å². The normalized spacial score (nSPS) is 10.4. The van der Waals surface area contributed by atoms with Crippen LogP contribution >= 0.6 is 0 Å². The zero-order valence-corrected chi connectivity index (χ0v) is 15.9. The van der Waals surface area contributed by atoms with E-state index in [1.165, 1.54) is 5.48 Å². The minimum absolute atomic E-state index is 0. The molecule has 0 bridgehead atoms. The Hall–Kier alpha value is -2.13. The predicted octanol–water partition coefficient (Wildman–Crippen LogP) is -1.39. The predicted molar refractivity (Wildman–Crippen MR) is 91.4 cm³/mol. The van der Waals surface area contributed by atoms with Crippen molar-refractivity contribution >= 4 is 5.97 Å². The van der Waals surface area contributed by atoms with Crippen molar-refractivity contribution in [1.82, 2.24) is 0 Å². The summed E-state index contributed by atoms with van der Waals surface area (Å²) >= 11 is 0. The lowest BCUT2D eigenvalue weighted by atomic mass is 9.86. The summed E-state index contributed by atoms with van der Waals surface area (Å²) in [5.41, 5.74) is 0.393. The summed E-state index contributed by atoms with van der Waals surface area (Å²) in [6.45, 7) is 4.30. The van der Waals surface area contributed by atoms with Crippen molar-refractivity contribution in [2.75, 3.05) is 6.54 Å². The van der Waals surface area contributed by atoms with Gasteiger partial charge in [0.25, 0.3) is 0 Å². The van der Waals surface area contributed by atoms with Crippen LogP contribution in [0.1, 0.15) is 25.0 Å². The molecule has 0 aliphatic rings. The summed E-state index contributed by atoms with van der Waals surface area (Å²) < 4.78 is 0. The molecule has 0 aliphatic carbocycles. The van der Waals surface area contributed by atoms with Gasteiger partial charge in [0, 0.05) is 5.92 Å². The first kappa shape index (κ1) is 20.9. The molecule has 4 nitrogen and oxygen atoms in total. The van der Waals surface area contributed by atoms with Crippen LogP contribution in [-0.2, 0) is 15.2 Å². The molecular formula is C20H22BrNO3. The van der Waals surface area contributed by atoms with Gasteiger partial charge in [-0.2, -0.15) is 0 Å². The van der Waals surface area contributed by atoms with Crippen molar-refractivity contribution < 1.29 is 37.2 Å². The number of hydrogen-bond acceptors (Lipinski definition) is 3.